The number of carboxylic acid groups (broad SMARTS) is 1. The third-order valence-electron chi connectivity index (χ3n) is 4.36. The normalized spacial score (nSPS) is 15.8. The minimum Gasteiger partial charge on any atom is -0.480 e. The fourth-order valence-electron chi connectivity index (χ4n) is 2.78. The Morgan fingerprint density at radius 3 is 2.36 bits per heavy atom. The Morgan fingerprint density at radius 1 is 1.12 bits per heavy atom. The molecule has 1 amide bonds. The number of fused-ring (bicyclic) bond motifs is 1. The summed E-state index contributed by atoms with van der Waals surface area (Å²) < 4.78 is 5.08. The number of nitrogens with one attached hydrogen (secondary N) is 1. The van der Waals surface area contributed by atoms with E-state index in [2.05, 4.69) is 54.7 Å². The largest absolute Gasteiger partial charge is 0.480 e. The van der Waals surface area contributed by atoms with Crippen molar-refractivity contribution in [3.8, 4) is 0 Å². The number of hydrogen-bond acceptors (Lipinski definition) is 3. The average Bonchev–Trinajstić information content (AvgIpc) is 2.62. The first-order valence-corrected chi connectivity index (χ1v) is 8.54. The molecule has 1 aliphatic rings. The smallest absolute Gasteiger partial charge is 0.329 e. The van der Waals surface area contributed by atoms with E-state index >= 15 is 0 Å². The summed E-state index contributed by atoms with van der Waals surface area (Å²) in [6, 6.07) is 14.9. The first-order valence-electron chi connectivity index (χ1n) is 8.54. The molecule has 1 saturated heterocycles. The maximum atomic E-state index is 11.2. The van der Waals surface area contributed by atoms with Gasteiger partial charge in [0.1, 0.15) is 5.54 Å². The number of rotatable bonds is 3. The number of ether oxygens (including phenoxy) is 1. The molecule has 0 unspecified atom stereocenters. The van der Waals surface area contributed by atoms with Crippen LogP contribution in [0.15, 0.2) is 42.5 Å². The fraction of sp³-hybridized carbons (Fsp3) is 0.400. The van der Waals surface area contributed by atoms with Crippen LogP contribution in [0.1, 0.15) is 31.7 Å². The van der Waals surface area contributed by atoms with Gasteiger partial charge >= 0.3 is 5.97 Å². The zero-order valence-electron chi connectivity index (χ0n) is 14.7. The van der Waals surface area contributed by atoms with E-state index in [0.29, 0.717) is 32.5 Å². The molecule has 3 rings (SSSR count). The van der Waals surface area contributed by atoms with Crippen molar-refractivity contribution in [2.24, 2.45) is 0 Å². The van der Waals surface area contributed by atoms with E-state index < -0.39 is 11.5 Å². The van der Waals surface area contributed by atoms with Crippen LogP contribution in [-0.4, -0.2) is 35.7 Å². The van der Waals surface area contributed by atoms with E-state index in [9.17, 15) is 9.59 Å². The molecule has 0 aromatic heterocycles. The van der Waals surface area contributed by atoms with E-state index in [4.69, 9.17) is 9.84 Å². The van der Waals surface area contributed by atoms with Crippen LogP contribution in [0.25, 0.3) is 10.8 Å². The molecule has 5 heteroatoms. The molecule has 0 radical (unpaired) electrons. The summed E-state index contributed by atoms with van der Waals surface area (Å²) >= 11 is 0. The minimum absolute atomic E-state index is 0.227. The highest BCUT2D eigenvalue weighted by Crippen LogP contribution is 2.21. The highest BCUT2D eigenvalue weighted by atomic mass is 16.5. The monoisotopic (exact) mass is 343 g/mol. The van der Waals surface area contributed by atoms with Gasteiger partial charge in [-0.05, 0) is 17.7 Å². The predicted molar refractivity (Wildman–Crippen MR) is 97.5 cm³/mol. The number of benzene rings is 2. The van der Waals surface area contributed by atoms with E-state index in [-0.39, 0.29) is 5.91 Å². The Morgan fingerprint density at radius 2 is 1.76 bits per heavy atom. The Bertz CT molecular complexity index is 735. The van der Waals surface area contributed by atoms with Gasteiger partial charge < -0.3 is 15.2 Å². The van der Waals surface area contributed by atoms with Crippen molar-refractivity contribution < 1.29 is 19.4 Å². The molecule has 2 aromatic rings. The third kappa shape index (κ3) is 5.03. The van der Waals surface area contributed by atoms with E-state index in [1.165, 1.54) is 16.3 Å². The minimum atomic E-state index is -1.11. The van der Waals surface area contributed by atoms with Gasteiger partial charge in [0, 0.05) is 32.5 Å². The molecule has 134 valence electrons. The lowest BCUT2D eigenvalue weighted by Crippen LogP contribution is -2.57. The molecule has 25 heavy (non-hydrogen) atoms. The van der Waals surface area contributed by atoms with Crippen molar-refractivity contribution in [1.29, 1.82) is 0 Å². The third-order valence-corrected chi connectivity index (χ3v) is 4.36. The highest BCUT2D eigenvalue weighted by Gasteiger charge is 2.41. The summed E-state index contributed by atoms with van der Waals surface area (Å²) in [5, 5.41) is 14.3. The maximum absolute atomic E-state index is 11.2. The molecule has 1 fully saturated rings. The van der Waals surface area contributed by atoms with Gasteiger partial charge in [-0.2, -0.15) is 0 Å². The molecular formula is C20H25NO4. The quantitative estimate of drug-likeness (QED) is 0.897. The number of amides is 1. The lowest BCUT2D eigenvalue weighted by Gasteiger charge is -2.33. The standard InChI is InChI=1S/C11H10.C9H15NO4/c1-9-6-7-10-4-2-3-5-11(10)8-9;1-2-7(11)10-9(8(12)13)3-5-14-6-4-9/h2-8H,1H3;2-6H2,1H3,(H,10,11)(H,12,13). The summed E-state index contributed by atoms with van der Waals surface area (Å²) in [6.07, 6.45) is 0.984. The Labute approximate surface area is 148 Å². The van der Waals surface area contributed by atoms with Crippen molar-refractivity contribution in [3.63, 3.8) is 0 Å². The van der Waals surface area contributed by atoms with Crippen LogP contribution in [-0.2, 0) is 14.3 Å². The van der Waals surface area contributed by atoms with Crippen molar-refractivity contribution in [2.45, 2.75) is 38.6 Å². The van der Waals surface area contributed by atoms with Crippen LogP contribution in [0.5, 0.6) is 0 Å². The summed E-state index contributed by atoms with van der Waals surface area (Å²) in [7, 11) is 0. The summed E-state index contributed by atoms with van der Waals surface area (Å²) in [4.78, 5) is 22.2. The first kappa shape index (κ1) is 18.9. The van der Waals surface area contributed by atoms with Gasteiger partial charge in [0.25, 0.3) is 0 Å². The number of carbonyl (C=O) groups is 2. The van der Waals surface area contributed by atoms with Crippen LogP contribution < -0.4 is 5.32 Å². The molecule has 5 nitrogen and oxygen atoms in total. The Balaban J connectivity index is 0.000000185. The van der Waals surface area contributed by atoms with Gasteiger partial charge in [0.15, 0.2) is 0 Å². The van der Waals surface area contributed by atoms with Crippen LogP contribution >= 0.6 is 0 Å². The van der Waals surface area contributed by atoms with E-state index in [1.807, 2.05) is 0 Å². The molecule has 2 aromatic carbocycles. The molecule has 0 bridgehead atoms. The second kappa shape index (κ2) is 8.62. The maximum Gasteiger partial charge on any atom is 0.329 e. The van der Waals surface area contributed by atoms with Crippen LogP contribution in [0.3, 0.4) is 0 Å². The van der Waals surface area contributed by atoms with Crippen LogP contribution in [0.4, 0.5) is 0 Å². The van der Waals surface area contributed by atoms with Crippen molar-refractivity contribution in [2.75, 3.05) is 13.2 Å². The molecule has 0 aliphatic carbocycles. The Hall–Kier alpha value is -2.40. The van der Waals surface area contributed by atoms with Gasteiger partial charge in [-0.15, -0.1) is 0 Å². The Kier molecular flexibility index (Phi) is 6.53. The van der Waals surface area contributed by atoms with Crippen LogP contribution in [0.2, 0.25) is 0 Å². The number of carbonyl (C=O) groups excluding carboxylic acids is 1. The lowest BCUT2D eigenvalue weighted by molar-refractivity contribution is -0.152. The van der Waals surface area contributed by atoms with Crippen molar-refractivity contribution >= 4 is 22.6 Å². The molecule has 1 heterocycles. The first-order chi connectivity index (χ1) is 12.0. The van der Waals surface area contributed by atoms with Crippen LogP contribution in [0, 0.1) is 6.92 Å². The van der Waals surface area contributed by atoms with Crippen molar-refractivity contribution in [1.82, 2.24) is 5.32 Å². The number of aliphatic carboxylic acids is 1. The molecule has 2 N–H and O–H groups in total. The summed E-state index contributed by atoms with van der Waals surface area (Å²) in [5.41, 5.74) is 0.217. The molecule has 0 spiro atoms. The van der Waals surface area contributed by atoms with Gasteiger partial charge in [0.2, 0.25) is 5.91 Å². The summed E-state index contributed by atoms with van der Waals surface area (Å²) in [6.45, 7) is 4.59. The predicted octanol–water partition coefficient (Wildman–Crippen LogP) is 3.29. The average molecular weight is 343 g/mol. The number of aryl methyl sites for hydroxylation is 1. The molecular weight excluding hydrogens is 318 g/mol. The van der Waals surface area contributed by atoms with Gasteiger partial charge in [-0.3, -0.25) is 4.79 Å². The molecule has 1 aliphatic heterocycles. The topological polar surface area (TPSA) is 75.6 Å². The second-order valence-corrected chi connectivity index (χ2v) is 6.25. The zero-order valence-corrected chi connectivity index (χ0v) is 14.7. The SMILES string of the molecule is CCC(=O)NC1(C(=O)O)CCOCC1.Cc1ccc2ccccc2c1. The lowest BCUT2D eigenvalue weighted by atomic mass is 9.90. The number of hydrogen-bond donors (Lipinski definition) is 2. The molecule has 0 atom stereocenters. The highest BCUT2D eigenvalue weighted by molar-refractivity contribution is 5.87. The molecule has 0 saturated carbocycles. The van der Waals surface area contributed by atoms with Crippen molar-refractivity contribution in [3.05, 3.63) is 48.0 Å². The second-order valence-electron chi connectivity index (χ2n) is 6.25. The fourth-order valence-corrected chi connectivity index (χ4v) is 2.78. The van der Waals surface area contributed by atoms with Gasteiger partial charge in [-0.25, -0.2) is 4.79 Å². The van der Waals surface area contributed by atoms with Gasteiger partial charge in [-0.1, -0.05) is 55.0 Å². The van der Waals surface area contributed by atoms with Gasteiger partial charge in [0.05, 0.1) is 0 Å². The summed E-state index contributed by atoms with van der Waals surface area (Å²) in [5.74, 6) is -1.20. The van der Waals surface area contributed by atoms with E-state index in [1.54, 1.807) is 6.92 Å². The van der Waals surface area contributed by atoms with E-state index in [0.717, 1.165) is 0 Å². The number of carboxylic acids is 1. The zero-order chi connectivity index (χ0) is 18.3.